The number of aliphatic hydroxyl groups is 2. The normalized spacial score (nSPS) is 18.3. The topological polar surface area (TPSA) is 162 Å². The van der Waals surface area contributed by atoms with Gasteiger partial charge in [0.1, 0.15) is 48.0 Å². The summed E-state index contributed by atoms with van der Waals surface area (Å²) in [6.07, 6.45) is 4.45. The van der Waals surface area contributed by atoms with Crippen LogP contribution in [0.25, 0.3) is 5.69 Å². The van der Waals surface area contributed by atoms with Crippen LogP contribution in [0.3, 0.4) is 0 Å². The highest BCUT2D eigenvalue weighted by molar-refractivity contribution is 5.75. The molecule has 0 bridgehead atoms. The number of ether oxygens (including phenoxy) is 2. The van der Waals surface area contributed by atoms with Gasteiger partial charge < -0.3 is 29.9 Å². The van der Waals surface area contributed by atoms with Crippen LogP contribution in [0.1, 0.15) is 24.9 Å². The van der Waals surface area contributed by atoms with Gasteiger partial charge in [-0.05, 0) is 67.9 Å². The molecule has 1 fully saturated rings. The predicted molar refractivity (Wildman–Crippen MR) is 182 cm³/mol. The summed E-state index contributed by atoms with van der Waals surface area (Å²) in [5.74, 6) is -0.854. The van der Waals surface area contributed by atoms with E-state index in [1.165, 1.54) is 42.6 Å². The van der Waals surface area contributed by atoms with Crippen LogP contribution >= 0.6 is 0 Å². The van der Waals surface area contributed by atoms with E-state index in [1.807, 2.05) is 0 Å². The summed E-state index contributed by atoms with van der Waals surface area (Å²) in [5, 5.41) is 30.8. The number of benzene rings is 3. The van der Waals surface area contributed by atoms with Crippen molar-refractivity contribution in [2.75, 3.05) is 43.1 Å². The van der Waals surface area contributed by atoms with Crippen LogP contribution in [-0.2, 0) is 21.7 Å². The number of amides is 1. The Labute approximate surface area is 291 Å². The number of carbonyl (C=O) groups is 1. The minimum atomic E-state index is -1.07. The van der Waals surface area contributed by atoms with E-state index in [4.69, 9.17) is 9.47 Å². The maximum atomic E-state index is 14.9. The molecule has 2 aromatic heterocycles. The van der Waals surface area contributed by atoms with Crippen LogP contribution in [0.5, 0.6) is 5.75 Å². The van der Waals surface area contributed by atoms with Crippen molar-refractivity contribution in [1.29, 1.82) is 0 Å². The first-order valence-electron chi connectivity index (χ1n) is 16.4. The molecular formula is C35H38F2N8O6. The molecule has 5 aromatic rings. The predicted octanol–water partition coefficient (Wildman–Crippen LogP) is 2.90. The van der Waals surface area contributed by atoms with E-state index in [-0.39, 0.29) is 18.0 Å². The number of rotatable bonds is 16. The summed E-state index contributed by atoms with van der Waals surface area (Å²) < 4.78 is 44.8. The van der Waals surface area contributed by atoms with Crippen LogP contribution in [0, 0.1) is 17.6 Å². The summed E-state index contributed by atoms with van der Waals surface area (Å²) >= 11 is 0. The van der Waals surface area contributed by atoms with E-state index in [0.29, 0.717) is 49.8 Å². The third-order valence-electron chi connectivity index (χ3n) is 8.88. The van der Waals surface area contributed by atoms with E-state index in [0.717, 1.165) is 22.8 Å². The number of aliphatic hydroxyl groups excluding tert-OH is 2. The standard InChI is InChI=1S/C35H38F2N8O6/c1-24(48)33(16-46)45-34(49)44(22-41-45)29-5-3-27(4-6-29)39-12-13-42(23-47)28-7-9-30(10-8-28)50-17-25-15-35(51-18-25,19-43-21-38-20-40-43)31-11-2-26(36)14-32(31)37/h2-11,14,20-25,33,39,46,48H,12-13,15-19H2,1H3/t24-,25+,33-,35-/m0/s1. The zero-order valence-electron chi connectivity index (χ0n) is 27.8. The molecule has 16 heteroatoms. The fraction of sp³-hybridized carbons (Fsp3) is 0.343. The zero-order valence-corrected chi connectivity index (χ0v) is 27.8. The largest absolute Gasteiger partial charge is 0.493 e. The Morgan fingerprint density at radius 2 is 1.90 bits per heavy atom. The smallest absolute Gasteiger partial charge is 0.350 e. The van der Waals surface area contributed by atoms with Gasteiger partial charge in [0.05, 0.1) is 38.2 Å². The van der Waals surface area contributed by atoms with Crippen molar-refractivity contribution in [3.63, 3.8) is 0 Å². The van der Waals surface area contributed by atoms with Crippen molar-refractivity contribution in [1.82, 2.24) is 29.1 Å². The molecule has 4 atom stereocenters. The summed E-state index contributed by atoms with van der Waals surface area (Å²) in [6, 6.07) is 16.8. The molecule has 3 N–H and O–H groups in total. The molecule has 0 aliphatic carbocycles. The van der Waals surface area contributed by atoms with Crippen molar-refractivity contribution < 1.29 is 33.3 Å². The molecule has 51 heavy (non-hydrogen) atoms. The second-order valence-corrected chi connectivity index (χ2v) is 12.4. The number of hydrogen-bond donors (Lipinski definition) is 3. The average molecular weight is 705 g/mol. The summed E-state index contributed by atoms with van der Waals surface area (Å²) in [6.45, 7) is 2.66. The Bertz CT molecular complexity index is 1950. The number of carbonyl (C=O) groups excluding carboxylic acids is 1. The maximum Gasteiger partial charge on any atom is 0.350 e. The van der Waals surface area contributed by atoms with Gasteiger partial charge in [0, 0.05) is 42.0 Å². The molecular weight excluding hydrogens is 666 g/mol. The van der Waals surface area contributed by atoms with E-state index < -0.39 is 41.7 Å². The third-order valence-corrected chi connectivity index (χ3v) is 8.88. The van der Waals surface area contributed by atoms with E-state index in [9.17, 15) is 28.6 Å². The van der Waals surface area contributed by atoms with Gasteiger partial charge in [-0.15, -0.1) is 0 Å². The van der Waals surface area contributed by atoms with E-state index >= 15 is 0 Å². The number of anilines is 2. The summed E-state index contributed by atoms with van der Waals surface area (Å²) in [4.78, 5) is 30.2. The van der Waals surface area contributed by atoms with Gasteiger partial charge in [-0.1, -0.05) is 6.07 Å². The van der Waals surface area contributed by atoms with Gasteiger partial charge in [-0.25, -0.2) is 32.5 Å². The van der Waals surface area contributed by atoms with Gasteiger partial charge in [0.25, 0.3) is 0 Å². The molecule has 1 saturated heterocycles. The quantitative estimate of drug-likeness (QED) is 0.130. The fourth-order valence-corrected chi connectivity index (χ4v) is 6.19. The first kappa shape index (κ1) is 35.4. The third kappa shape index (κ3) is 7.98. The second-order valence-electron chi connectivity index (χ2n) is 12.4. The van der Waals surface area contributed by atoms with E-state index in [2.05, 4.69) is 20.5 Å². The molecule has 1 aliphatic rings. The Balaban J connectivity index is 1.01. The lowest BCUT2D eigenvalue weighted by Crippen LogP contribution is -2.34. The van der Waals surface area contributed by atoms with Gasteiger partial charge >= 0.3 is 5.69 Å². The Morgan fingerprint density at radius 3 is 2.57 bits per heavy atom. The monoisotopic (exact) mass is 704 g/mol. The van der Waals surface area contributed by atoms with Gasteiger partial charge in [0.2, 0.25) is 6.41 Å². The molecule has 0 radical (unpaired) electrons. The van der Waals surface area contributed by atoms with Crippen molar-refractivity contribution in [2.45, 2.75) is 37.6 Å². The first-order chi connectivity index (χ1) is 24.7. The first-order valence-corrected chi connectivity index (χ1v) is 16.4. The molecule has 1 aliphatic heterocycles. The molecule has 14 nitrogen and oxygen atoms in total. The van der Waals surface area contributed by atoms with Gasteiger partial charge in [-0.3, -0.25) is 4.79 Å². The Morgan fingerprint density at radius 1 is 1.12 bits per heavy atom. The molecule has 0 unspecified atom stereocenters. The number of hydrogen-bond acceptors (Lipinski definition) is 10. The molecule has 3 heterocycles. The van der Waals surface area contributed by atoms with E-state index in [1.54, 1.807) is 58.1 Å². The van der Waals surface area contributed by atoms with Crippen LogP contribution in [0.2, 0.25) is 0 Å². The average Bonchev–Trinajstić information content (AvgIpc) is 3.88. The number of halogens is 2. The number of nitrogens with zero attached hydrogens (tertiary/aromatic N) is 7. The number of nitrogens with one attached hydrogen (secondary N) is 1. The van der Waals surface area contributed by atoms with Crippen molar-refractivity contribution in [2.24, 2.45) is 5.92 Å². The summed E-state index contributed by atoms with van der Waals surface area (Å²) in [7, 11) is 0. The minimum Gasteiger partial charge on any atom is -0.493 e. The van der Waals surface area contributed by atoms with Crippen LogP contribution in [-0.4, -0.2) is 84.7 Å². The molecule has 0 spiro atoms. The molecule has 6 rings (SSSR count). The summed E-state index contributed by atoms with van der Waals surface area (Å²) in [5.41, 5.74) is 0.698. The number of aromatic nitrogens is 6. The lowest BCUT2D eigenvalue weighted by Gasteiger charge is -2.29. The maximum absolute atomic E-state index is 14.9. The lowest BCUT2D eigenvalue weighted by molar-refractivity contribution is -0.107. The zero-order chi connectivity index (χ0) is 36.0. The molecule has 268 valence electrons. The van der Waals surface area contributed by atoms with Crippen LogP contribution < -0.4 is 20.6 Å². The lowest BCUT2D eigenvalue weighted by atomic mass is 9.87. The highest BCUT2D eigenvalue weighted by Crippen LogP contribution is 2.42. The van der Waals surface area contributed by atoms with Crippen molar-refractivity contribution >= 4 is 17.8 Å². The molecule has 1 amide bonds. The second kappa shape index (κ2) is 15.6. The SMILES string of the molecule is C[C@H](O)[C@H](CO)n1ncn(-c2ccc(NCCN(C=O)c3ccc(OC[C@@H]4CO[C@@](Cn5cncn5)(c5ccc(F)cc5F)C4)cc3)cc2)c1=O. The highest BCUT2D eigenvalue weighted by Gasteiger charge is 2.44. The van der Waals surface area contributed by atoms with Gasteiger partial charge in [-0.2, -0.15) is 10.2 Å². The minimum absolute atomic E-state index is 0.0865. The van der Waals surface area contributed by atoms with Crippen molar-refractivity contribution in [3.05, 3.63) is 113 Å². The molecule has 3 aromatic carbocycles. The van der Waals surface area contributed by atoms with Gasteiger partial charge in [0.15, 0.2) is 0 Å². The van der Waals surface area contributed by atoms with Crippen molar-refractivity contribution in [3.8, 4) is 11.4 Å². The highest BCUT2D eigenvalue weighted by atomic mass is 19.1. The Kier molecular flexibility index (Phi) is 10.8. The van der Waals surface area contributed by atoms with Crippen LogP contribution in [0.4, 0.5) is 20.2 Å². The Hall–Kier alpha value is -5.45. The molecule has 0 saturated carbocycles. The van der Waals surface area contributed by atoms with Crippen LogP contribution in [0.15, 0.2) is 90.5 Å². The fourth-order valence-electron chi connectivity index (χ4n) is 6.19.